The molecule has 98 valence electrons. The minimum atomic E-state index is -0.398. The Balaban J connectivity index is 1.95. The van der Waals surface area contributed by atoms with Gasteiger partial charge in [0.05, 0.1) is 11.6 Å². The van der Waals surface area contributed by atoms with Gasteiger partial charge in [0.15, 0.2) is 0 Å². The quantitative estimate of drug-likeness (QED) is 0.375. The van der Waals surface area contributed by atoms with Gasteiger partial charge in [0, 0.05) is 11.8 Å². The van der Waals surface area contributed by atoms with Crippen molar-refractivity contribution in [1.82, 2.24) is 0 Å². The maximum Gasteiger partial charge on any atom is 0.139 e. The Morgan fingerprint density at radius 3 is 2.83 bits per heavy atom. The molecule has 0 spiro atoms. The van der Waals surface area contributed by atoms with Gasteiger partial charge in [-0.3, -0.25) is 0 Å². The van der Waals surface area contributed by atoms with E-state index >= 15 is 0 Å². The van der Waals surface area contributed by atoms with Crippen molar-refractivity contribution in [2.45, 2.75) is 19.3 Å². The van der Waals surface area contributed by atoms with Crippen molar-refractivity contribution in [3.63, 3.8) is 0 Å². The average molecular weight is 273 g/mol. The molecule has 0 saturated heterocycles. The minimum absolute atomic E-state index is 0.0754. The van der Waals surface area contributed by atoms with Crippen LogP contribution in [0.25, 0.3) is 0 Å². The van der Waals surface area contributed by atoms with Gasteiger partial charge in [-0.1, -0.05) is 16.8 Å². The van der Waals surface area contributed by atoms with Gasteiger partial charge in [0.2, 0.25) is 0 Å². The first kappa shape index (κ1) is 13.0. The predicted octanol–water partition coefficient (Wildman–Crippen LogP) is 2.77. The highest BCUT2D eigenvalue weighted by Gasteiger charge is 2.44. The molecule has 0 aliphatic heterocycles. The Hall–Kier alpha value is -1.49. The second kappa shape index (κ2) is 5.02. The van der Waals surface area contributed by atoms with Crippen LogP contribution in [0.1, 0.15) is 19.3 Å². The summed E-state index contributed by atoms with van der Waals surface area (Å²) >= 11 is 5.86. The van der Waals surface area contributed by atoms with E-state index in [1.54, 1.807) is 0 Å². The fraction of sp³-hybridized carbons (Fsp3) is 0.417. The summed E-state index contributed by atoms with van der Waals surface area (Å²) in [5, 5.41) is 11.8. The molecule has 0 aromatic heterocycles. The highest BCUT2D eigenvalue weighted by atomic mass is 35.5. The van der Waals surface area contributed by atoms with Crippen molar-refractivity contribution in [1.29, 1.82) is 0 Å². The summed E-state index contributed by atoms with van der Waals surface area (Å²) in [4.78, 5) is 0. The van der Waals surface area contributed by atoms with Crippen LogP contribution < -0.4 is 10.5 Å². The zero-order valence-electron chi connectivity index (χ0n) is 9.70. The first-order chi connectivity index (χ1) is 8.54. The Labute approximate surface area is 109 Å². The number of halogens is 2. The number of oxime groups is 1. The van der Waals surface area contributed by atoms with Gasteiger partial charge in [0.25, 0.3) is 0 Å². The van der Waals surface area contributed by atoms with E-state index in [0.29, 0.717) is 18.8 Å². The number of nitrogens with zero attached hydrogens (tertiary/aromatic N) is 1. The molecular weight excluding hydrogens is 259 g/mol. The summed E-state index contributed by atoms with van der Waals surface area (Å²) in [7, 11) is 0. The topological polar surface area (TPSA) is 67.8 Å². The number of hydrogen-bond acceptors (Lipinski definition) is 3. The Bertz CT molecular complexity index is 475. The van der Waals surface area contributed by atoms with Crippen LogP contribution in [0, 0.1) is 11.2 Å². The van der Waals surface area contributed by atoms with E-state index in [2.05, 4.69) is 5.16 Å². The molecule has 4 nitrogen and oxygen atoms in total. The van der Waals surface area contributed by atoms with E-state index in [4.69, 9.17) is 27.3 Å². The van der Waals surface area contributed by atoms with Crippen molar-refractivity contribution in [2.75, 3.05) is 6.61 Å². The number of amidine groups is 1. The highest BCUT2D eigenvalue weighted by molar-refractivity contribution is 6.32. The first-order valence-electron chi connectivity index (χ1n) is 5.59. The van der Waals surface area contributed by atoms with Crippen LogP contribution >= 0.6 is 11.6 Å². The van der Waals surface area contributed by atoms with Crippen molar-refractivity contribution >= 4 is 17.4 Å². The summed E-state index contributed by atoms with van der Waals surface area (Å²) in [6.07, 6.45) is 2.41. The molecule has 0 heterocycles. The lowest BCUT2D eigenvalue weighted by Gasteiger charge is -2.16. The lowest BCUT2D eigenvalue weighted by Crippen LogP contribution is -2.22. The fourth-order valence-corrected chi connectivity index (χ4v) is 2.01. The zero-order valence-corrected chi connectivity index (χ0v) is 10.5. The van der Waals surface area contributed by atoms with E-state index in [1.165, 1.54) is 18.2 Å². The lowest BCUT2D eigenvalue weighted by atomic mass is 10.0. The molecule has 0 unspecified atom stereocenters. The molecule has 0 bridgehead atoms. The molecule has 2 rings (SSSR count). The predicted molar refractivity (Wildman–Crippen MR) is 66.6 cm³/mol. The Kier molecular flexibility index (Phi) is 3.61. The fourth-order valence-electron chi connectivity index (χ4n) is 1.79. The van der Waals surface area contributed by atoms with Gasteiger partial charge in [-0.05, 0) is 31.0 Å². The first-order valence-corrected chi connectivity index (χ1v) is 5.97. The van der Waals surface area contributed by atoms with Gasteiger partial charge in [-0.15, -0.1) is 0 Å². The molecule has 6 heteroatoms. The van der Waals surface area contributed by atoms with Crippen molar-refractivity contribution in [3.05, 3.63) is 29.0 Å². The summed E-state index contributed by atoms with van der Waals surface area (Å²) < 4.78 is 18.4. The van der Waals surface area contributed by atoms with Gasteiger partial charge in [-0.2, -0.15) is 0 Å². The molecule has 18 heavy (non-hydrogen) atoms. The van der Waals surface area contributed by atoms with Crippen molar-refractivity contribution in [2.24, 2.45) is 16.3 Å². The van der Waals surface area contributed by atoms with Crippen LogP contribution in [0.2, 0.25) is 5.02 Å². The summed E-state index contributed by atoms with van der Waals surface area (Å²) in [6, 6.07) is 4.00. The highest BCUT2D eigenvalue weighted by Crippen LogP contribution is 2.49. The van der Waals surface area contributed by atoms with E-state index < -0.39 is 5.82 Å². The second-order valence-electron chi connectivity index (χ2n) is 4.63. The summed E-state index contributed by atoms with van der Waals surface area (Å²) in [5.41, 5.74) is 5.41. The standard InChI is InChI=1S/C12H14ClFN2O2/c13-9-5-8(14)1-2-10(9)18-7-12(3-4-12)6-11(15)16-17/h1-2,5,17H,3-4,6-7H2,(H2,15,16). The molecule has 1 saturated carbocycles. The third kappa shape index (κ3) is 3.04. The molecule has 0 atom stereocenters. The van der Waals surface area contributed by atoms with Crippen LogP contribution in [-0.4, -0.2) is 17.6 Å². The van der Waals surface area contributed by atoms with Crippen LogP contribution in [0.5, 0.6) is 5.75 Å². The average Bonchev–Trinajstić information content (AvgIpc) is 3.08. The van der Waals surface area contributed by atoms with E-state index in [-0.39, 0.29) is 16.3 Å². The van der Waals surface area contributed by atoms with Crippen LogP contribution in [-0.2, 0) is 0 Å². The smallest absolute Gasteiger partial charge is 0.139 e. The van der Waals surface area contributed by atoms with Crippen molar-refractivity contribution < 1.29 is 14.3 Å². The van der Waals surface area contributed by atoms with E-state index in [1.807, 2.05) is 0 Å². The third-order valence-electron chi connectivity index (χ3n) is 3.07. The molecule has 0 amide bonds. The second-order valence-corrected chi connectivity index (χ2v) is 5.04. The van der Waals surface area contributed by atoms with E-state index in [9.17, 15) is 4.39 Å². The molecule has 1 aromatic rings. The van der Waals surface area contributed by atoms with Crippen LogP contribution in [0.4, 0.5) is 4.39 Å². The van der Waals surface area contributed by atoms with Crippen molar-refractivity contribution in [3.8, 4) is 5.75 Å². The Morgan fingerprint density at radius 1 is 1.56 bits per heavy atom. The van der Waals surface area contributed by atoms with Gasteiger partial charge in [-0.25, -0.2) is 4.39 Å². The van der Waals surface area contributed by atoms with Crippen LogP contribution in [0.15, 0.2) is 23.4 Å². The molecule has 1 aliphatic carbocycles. The monoisotopic (exact) mass is 272 g/mol. The molecular formula is C12H14ClFN2O2. The number of rotatable bonds is 5. The maximum absolute atomic E-state index is 12.9. The van der Waals surface area contributed by atoms with Gasteiger partial charge in [0.1, 0.15) is 17.4 Å². The van der Waals surface area contributed by atoms with Crippen LogP contribution in [0.3, 0.4) is 0 Å². The summed E-state index contributed by atoms with van der Waals surface area (Å²) in [6.45, 7) is 0.425. The normalized spacial score (nSPS) is 17.6. The minimum Gasteiger partial charge on any atom is -0.491 e. The molecule has 1 fully saturated rings. The largest absolute Gasteiger partial charge is 0.491 e. The number of benzene rings is 1. The van der Waals surface area contributed by atoms with E-state index in [0.717, 1.165) is 12.8 Å². The molecule has 1 aromatic carbocycles. The number of ether oxygens (including phenoxy) is 1. The number of hydrogen-bond donors (Lipinski definition) is 2. The molecule has 0 radical (unpaired) electrons. The summed E-state index contributed by atoms with van der Waals surface area (Å²) in [5.74, 6) is 0.246. The molecule has 3 N–H and O–H groups in total. The zero-order chi connectivity index (χ0) is 13.2. The van der Waals surface area contributed by atoms with Gasteiger partial charge >= 0.3 is 0 Å². The lowest BCUT2D eigenvalue weighted by molar-refractivity contribution is 0.236. The maximum atomic E-state index is 12.9. The third-order valence-corrected chi connectivity index (χ3v) is 3.36. The number of nitrogens with two attached hydrogens (primary N) is 1. The molecule has 1 aliphatic rings. The van der Waals surface area contributed by atoms with Gasteiger partial charge < -0.3 is 15.7 Å². The Morgan fingerprint density at radius 2 is 2.28 bits per heavy atom. The SMILES string of the molecule is NC(CC1(COc2ccc(F)cc2Cl)CC1)=NO.